The van der Waals surface area contributed by atoms with Gasteiger partial charge in [-0.05, 0) is 38.5 Å². The van der Waals surface area contributed by atoms with E-state index in [0.717, 1.165) is 11.3 Å². The predicted molar refractivity (Wildman–Crippen MR) is 89.3 cm³/mol. The number of benzene rings is 1. The highest BCUT2D eigenvalue weighted by Crippen LogP contribution is 2.13. The van der Waals surface area contributed by atoms with Gasteiger partial charge in [-0.25, -0.2) is 0 Å². The molecule has 0 radical (unpaired) electrons. The summed E-state index contributed by atoms with van der Waals surface area (Å²) in [7, 11) is 1.79. The van der Waals surface area contributed by atoms with Crippen LogP contribution in [0.4, 0.5) is 5.69 Å². The van der Waals surface area contributed by atoms with Gasteiger partial charge in [0.05, 0.1) is 18.2 Å². The number of carbonyl (C=O) groups excluding carboxylic acids is 2. The molecule has 2 N–H and O–H groups in total. The Morgan fingerprint density at radius 1 is 1.22 bits per heavy atom. The quantitative estimate of drug-likeness (QED) is 0.887. The lowest BCUT2D eigenvalue weighted by atomic mass is 10.1. The summed E-state index contributed by atoms with van der Waals surface area (Å²) < 4.78 is 1.66. The average Bonchev–Trinajstić information content (AvgIpc) is 2.80. The minimum atomic E-state index is -0.194. The average molecular weight is 314 g/mol. The number of aryl methyl sites for hydroxylation is 1. The van der Waals surface area contributed by atoms with Crippen molar-refractivity contribution in [2.75, 3.05) is 5.32 Å². The van der Waals surface area contributed by atoms with Gasteiger partial charge in [0, 0.05) is 24.5 Å². The number of rotatable bonds is 5. The van der Waals surface area contributed by atoms with Gasteiger partial charge in [-0.15, -0.1) is 0 Å². The van der Waals surface area contributed by atoms with E-state index in [2.05, 4.69) is 15.7 Å². The molecule has 0 aliphatic rings. The summed E-state index contributed by atoms with van der Waals surface area (Å²) in [6, 6.07) is 7.39. The Bertz CT molecular complexity index is 702. The standard InChI is InChI=1S/C17H22N4O2/c1-11(2)19-16(22)9-13-5-7-14(8-6-13)20-17(23)15-10-18-21(4)12(15)3/h5-8,10-11H,9H2,1-4H3,(H,19,22)(H,20,23). The molecule has 2 amide bonds. The number of amides is 2. The van der Waals surface area contributed by atoms with Crippen molar-refractivity contribution < 1.29 is 9.59 Å². The number of carbonyl (C=O) groups is 2. The fourth-order valence-corrected chi connectivity index (χ4v) is 2.18. The molecule has 0 saturated heterocycles. The maximum atomic E-state index is 12.2. The molecule has 1 heterocycles. The smallest absolute Gasteiger partial charge is 0.259 e. The molecule has 2 aromatic rings. The maximum Gasteiger partial charge on any atom is 0.259 e. The molecule has 0 fully saturated rings. The lowest BCUT2D eigenvalue weighted by Gasteiger charge is -2.09. The third kappa shape index (κ3) is 4.42. The van der Waals surface area contributed by atoms with Crippen molar-refractivity contribution in [3.05, 3.63) is 47.3 Å². The highest BCUT2D eigenvalue weighted by Gasteiger charge is 2.13. The van der Waals surface area contributed by atoms with Crippen LogP contribution in [0.15, 0.2) is 30.5 Å². The van der Waals surface area contributed by atoms with Crippen LogP contribution < -0.4 is 10.6 Å². The molecule has 0 atom stereocenters. The summed E-state index contributed by atoms with van der Waals surface area (Å²) in [4.78, 5) is 23.9. The first-order valence-electron chi connectivity index (χ1n) is 7.55. The summed E-state index contributed by atoms with van der Waals surface area (Å²) in [6.07, 6.45) is 1.88. The molecule has 0 saturated carbocycles. The van der Waals surface area contributed by atoms with Crippen LogP contribution in [-0.4, -0.2) is 27.6 Å². The molecule has 122 valence electrons. The summed E-state index contributed by atoms with van der Waals surface area (Å²) >= 11 is 0. The number of anilines is 1. The molecule has 6 heteroatoms. The predicted octanol–water partition coefficient (Wildman–Crippen LogP) is 2.05. The molecular formula is C17H22N4O2. The van der Waals surface area contributed by atoms with Gasteiger partial charge in [0.2, 0.25) is 5.91 Å². The van der Waals surface area contributed by atoms with E-state index in [1.807, 2.05) is 32.9 Å². The van der Waals surface area contributed by atoms with E-state index in [1.54, 1.807) is 30.1 Å². The van der Waals surface area contributed by atoms with Gasteiger partial charge in [0.15, 0.2) is 0 Å². The van der Waals surface area contributed by atoms with Crippen molar-refractivity contribution in [1.82, 2.24) is 15.1 Å². The second kappa shape index (κ2) is 7.09. The Balaban J connectivity index is 1.98. The first-order chi connectivity index (χ1) is 10.9. The normalized spacial score (nSPS) is 10.7. The van der Waals surface area contributed by atoms with Crippen LogP contribution in [0, 0.1) is 6.92 Å². The van der Waals surface area contributed by atoms with Crippen molar-refractivity contribution in [3.63, 3.8) is 0 Å². The Morgan fingerprint density at radius 2 is 1.87 bits per heavy atom. The van der Waals surface area contributed by atoms with Crippen LogP contribution in [0.5, 0.6) is 0 Å². The van der Waals surface area contributed by atoms with Gasteiger partial charge < -0.3 is 10.6 Å². The molecule has 1 aromatic heterocycles. The van der Waals surface area contributed by atoms with E-state index >= 15 is 0 Å². The second-order valence-corrected chi connectivity index (χ2v) is 5.82. The van der Waals surface area contributed by atoms with E-state index < -0.39 is 0 Å². The highest BCUT2D eigenvalue weighted by atomic mass is 16.2. The van der Waals surface area contributed by atoms with Gasteiger partial charge in [-0.1, -0.05) is 12.1 Å². The Morgan fingerprint density at radius 3 is 2.39 bits per heavy atom. The topological polar surface area (TPSA) is 76.0 Å². The van der Waals surface area contributed by atoms with Crippen LogP contribution in [0.1, 0.15) is 35.5 Å². The van der Waals surface area contributed by atoms with Crippen molar-refractivity contribution in [1.29, 1.82) is 0 Å². The van der Waals surface area contributed by atoms with Crippen LogP contribution in [0.3, 0.4) is 0 Å². The fourth-order valence-electron chi connectivity index (χ4n) is 2.18. The van der Waals surface area contributed by atoms with Crippen LogP contribution in [0.2, 0.25) is 0 Å². The van der Waals surface area contributed by atoms with Crippen molar-refractivity contribution in [3.8, 4) is 0 Å². The molecule has 0 unspecified atom stereocenters. The molecule has 0 spiro atoms. The van der Waals surface area contributed by atoms with Crippen molar-refractivity contribution >= 4 is 17.5 Å². The number of nitrogens with one attached hydrogen (secondary N) is 2. The van der Waals surface area contributed by atoms with E-state index in [-0.39, 0.29) is 17.9 Å². The van der Waals surface area contributed by atoms with Crippen LogP contribution >= 0.6 is 0 Å². The Kier molecular flexibility index (Phi) is 5.16. The minimum absolute atomic E-state index is 0.0113. The summed E-state index contributed by atoms with van der Waals surface area (Å²) in [5.41, 5.74) is 2.95. The van der Waals surface area contributed by atoms with Gasteiger partial charge in [0.1, 0.15) is 0 Å². The minimum Gasteiger partial charge on any atom is -0.354 e. The molecule has 2 rings (SSSR count). The largest absolute Gasteiger partial charge is 0.354 e. The van der Waals surface area contributed by atoms with Gasteiger partial charge in [-0.3, -0.25) is 14.3 Å². The Labute approximate surface area is 135 Å². The molecule has 0 bridgehead atoms. The number of hydrogen-bond donors (Lipinski definition) is 2. The van der Waals surface area contributed by atoms with Crippen LogP contribution in [-0.2, 0) is 18.3 Å². The molecular weight excluding hydrogens is 292 g/mol. The second-order valence-electron chi connectivity index (χ2n) is 5.82. The molecule has 0 aliphatic carbocycles. The lowest BCUT2D eigenvalue weighted by Crippen LogP contribution is -2.31. The number of nitrogens with zero attached hydrogens (tertiary/aromatic N) is 2. The highest BCUT2D eigenvalue weighted by molar-refractivity contribution is 6.04. The van der Waals surface area contributed by atoms with Gasteiger partial charge in [0.25, 0.3) is 5.91 Å². The van der Waals surface area contributed by atoms with E-state index in [9.17, 15) is 9.59 Å². The number of hydrogen-bond acceptors (Lipinski definition) is 3. The van der Waals surface area contributed by atoms with E-state index in [4.69, 9.17) is 0 Å². The first-order valence-corrected chi connectivity index (χ1v) is 7.55. The van der Waals surface area contributed by atoms with Crippen molar-refractivity contribution in [2.24, 2.45) is 7.05 Å². The monoisotopic (exact) mass is 314 g/mol. The lowest BCUT2D eigenvalue weighted by molar-refractivity contribution is -0.120. The summed E-state index contributed by atoms with van der Waals surface area (Å²) in [6.45, 7) is 5.70. The first kappa shape index (κ1) is 16.7. The fraction of sp³-hybridized carbons (Fsp3) is 0.353. The van der Waals surface area contributed by atoms with Gasteiger partial charge in [-0.2, -0.15) is 5.10 Å². The van der Waals surface area contributed by atoms with Crippen LogP contribution in [0.25, 0.3) is 0 Å². The molecule has 0 aliphatic heterocycles. The maximum absolute atomic E-state index is 12.2. The Hall–Kier alpha value is -2.63. The van der Waals surface area contributed by atoms with Crippen molar-refractivity contribution in [2.45, 2.75) is 33.2 Å². The summed E-state index contributed by atoms with van der Waals surface area (Å²) in [5, 5.41) is 9.74. The number of aromatic nitrogens is 2. The van der Waals surface area contributed by atoms with E-state index in [1.165, 1.54) is 0 Å². The zero-order valence-electron chi connectivity index (χ0n) is 13.9. The zero-order chi connectivity index (χ0) is 17.0. The third-order valence-electron chi connectivity index (χ3n) is 3.51. The molecule has 23 heavy (non-hydrogen) atoms. The summed E-state index contributed by atoms with van der Waals surface area (Å²) in [5.74, 6) is -0.205. The van der Waals surface area contributed by atoms with E-state index in [0.29, 0.717) is 17.7 Å². The molecule has 6 nitrogen and oxygen atoms in total. The zero-order valence-corrected chi connectivity index (χ0v) is 13.9. The third-order valence-corrected chi connectivity index (χ3v) is 3.51. The SMILES string of the molecule is Cc1c(C(=O)Nc2ccc(CC(=O)NC(C)C)cc2)cnn1C. The molecule has 1 aromatic carbocycles. The van der Waals surface area contributed by atoms with Gasteiger partial charge >= 0.3 is 0 Å².